The van der Waals surface area contributed by atoms with E-state index in [0.717, 1.165) is 13.0 Å². The maximum absolute atomic E-state index is 6.86. The molecule has 1 saturated heterocycles. The molecule has 0 aromatic heterocycles. The third-order valence-corrected chi connectivity index (χ3v) is 14.0. The monoisotopic (exact) mass is 422 g/mol. The van der Waals surface area contributed by atoms with Gasteiger partial charge in [0.15, 0.2) is 8.32 Å². The highest BCUT2D eigenvalue weighted by atomic mass is 32.2. The molecule has 0 saturated carbocycles. The van der Waals surface area contributed by atoms with Gasteiger partial charge in [-0.15, -0.1) is 0 Å². The van der Waals surface area contributed by atoms with Crippen molar-refractivity contribution in [2.45, 2.75) is 101 Å². The SMILES string of the molecule is CC(C)[Si](OC[C@@H](C)[C@@H]1CC[C@H](C)[C@@H](Sc2ccccc2)O1)(C(C)C)C(C)C. The van der Waals surface area contributed by atoms with E-state index in [2.05, 4.69) is 85.7 Å². The van der Waals surface area contributed by atoms with Gasteiger partial charge in [-0.3, -0.25) is 0 Å². The maximum atomic E-state index is 6.86. The summed E-state index contributed by atoms with van der Waals surface area (Å²) in [4.78, 5) is 1.30. The molecule has 2 nitrogen and oxygen atoms in total. The van der Waals surface area contributed by atoms with Crippen LogP contribution < -0.4 is 0 Å². The third kappa shape index (κ3) is 5.65. The Kier molecular flexibility index (Phi) is 9.12. The molecular weight excluding hydrogens is 380 g/mol. The second-order valence-electron chi connectivity index (χ2n) is 9.63. The van der Waals surface area contributed by atoms with Crippen LogP contribution >= 0.6 is 11.8 Å². The molecular formula is C24H42O2SSi. The van der Waals surface area contributed by atoms with Crippen molar-refractivity contribution in [3.63, 3.8) is 0 Å². The van der Waals surface area contributed by atoms with E-state index in [1.165, 1.54) is 11.3 Å². The van der Waals surface area contributed by atoms with Gasteiger partial charge in [-0.05, 0) is 47.5 Å². The number of hydrogen-bond donors (Lipinski definition) is 0. The van der Waals surface area contributed by atoms with E-state index < -0.39 is 8.32 Å². The Hall–Kier alpha value is -0.293. The predicted octanol–water partition coefficient (Wildman–Crippen LogP) is 7.75. The van der Waals surface area contributed by atoms with Gasteiger partial charge < -0.3 is 9.16 Å². The van der Waals surface area contributed by atoms with Gasteiger partial charge in [0, 0.05) is 17.4 Å². The van der Waals surface area contributed by atoms with E-state index in [-0.39, 0.29) is 5.44 Å². The standard InChI is InChI=1S/C24H42O2SSi/c1-17(2)28(18(3)4,19(5)6)25-16-21(8)23-15-14-20(7)24(26-23)27-22-12-10-9-11-13-22/h9-13,17-21,23-24H,14-16H2,1-8H3/t20-,21+,23-,24+/m0/s1. The van der Waals surface area contributed by atoms with Crippen LogP contribution in [0, 0.1) is 11.8 Å². The molecule has 1 aromatic carbocycles. The summed E-state index contributed by atoms with van der Waals surface area (Å²) in [6.07, 6.45) is 2.69. The molecule has 0 amide bonds. The van der Waals surface area contributed by atoms with E-state index in [9.17, 15) is 0 Å². The van der Waals surface area contributed by atoms with Crippen LogP contribution in [0.5, 0.6) is 0 Å². The van der Waals surface area contributed by atoms with Gasteiger partial charge >= 0.3 is 0 Å². The lowest BCUT2D eigenvalue weighted by Gasteiger charge is -2.44. The topological polar surface area (TPSA) is 18.5 Å². The molecule has 0 bridgehead atoms. The Bertz CT molecular complexity index is 553. The highest BCUT2D eigenvalue weighted by Gasteiger charge is 2.45. The van der Waals surface area contributed by atoms with Crippen molar-refractivity contribution < 1.29 is 9.16 Å². The van der Waals surface area contributed by atoms with Crippen LogP contribution in [0.2, 0.25) is 16.6 Å². The molecule has 1 fully saturated rings. The van der Waals surface area contributed by atoms with Crippen LogP contribution in [0.15, 0.2) is 35.2 Å². The van der Waals surface area contributed by atoms with Crippen molar-refractivity contribution in [1.82, 2.24) is 0 Å². The second kappa shape index (κ2) is 10.7. The fraction of sp³-hybridized carbons (Fsp3) is 0.750. The third-order valence-electron chi connectivity index (χ3n) is 6.61. The molecule has 0 unspecified atom stereocenters. The van der Waals surface area contributed by atoms with Crippen LogP contribution in [0.25, 0.3) is 0 Å². The first-order valence-electron chi connectivity index (χ1n) is 11.2. The lowest BCUT2D eigenvalue weighted by Crippen LogP contribution is -2.49. The first-order valence-corrected chi connectivity index (χ1v) is 14.2. The first kappa shape index (κ1) is 24.0. The molecule has 0 radical (unpaired) electrons. The van der Waals surface area contributed by atoms with Crippen molar-refractivity contribution in [3.05, 3.63) is 30.3 Å². The Labute approximate surface area is 179 Å². The summed E-state index contributed by atoms with van der Waals surface area (Å²) in [7, 11) is -1.81. The summed E-state index contributed by atoms with van der Waals surface area (Å²) in [5.41, 5.74) is 2.14. The largest absolute Gasteiger partial charge is 0.416 e. The minimum atomic E-state index is -1.81. The van der Waals surface area contributed by atoms with E-state index in [0.29, 0.717) is 34.6 Å². The van der Waals surface area contributed by atoms with Gasteiger partial charge in [0.1, 0.15) is 5.44 Å². The predicted molar refractivity (Wildman–Crippen MR) is 126 cm³/mol. The zero-order chi connectivity index (χ0) is 20.9. The average Bonchev–Trinajstić information content (AvgIpc) is 2.63. The summed E-state index contributed by atoms with van der Waals surface area (Å²) in [6, 6.07) is 10.7. The Morgan fingerprint density at radius 3 is 2.07 bits per heavy atom. The van der Waals surface area contributed by atoms with Gasteiger partial charge in [0.2, 0.25) is 0 Å². The summed E-state index contributed by atoms with van der Waals surface area (Å²) < 4.78 is 13.5. The summed E-state index contributed by atoms with van der Waals surface area (Å²) in [5.74, 6) is 1.03. The molecule has 160 valence electrons. The minimum Gasteiger partial charge on any atom is -0.416 e. The van der Waals surface area contributed by atoms with Crippen molar-refractivity contribution >= 4 is 20.1 Å². The maximum Gasteiger partial charge on any atom is 0.200 e. The molecule has 0 spiro atoms. The fourth-order valence-electron chi connectivity index (χ4n) is 5.02. The summed E-state index contributed by atoms with van der Waals surface area (Å²) >= 11 is 1.88. The van der Waals surface area contributed by atoms with Crippen LogP contribution in [0.4, 0.5) is 0 Å². The molecule has 1 aromatic rings. The number of benzene rings is 1. The fourth-order valence-corrected chi connectivity index (χ4v) is 11.7. The van der Waals surface area contributed by atoms with Crippen LogP contribution in [-0.4, -0.2) is 26.5 Å². The zero-order valence-electron chi connectivity index (χ0n) is 19.3. The van der Waals surface area contributed by atoms with Gasteiger partial charge in [0.25, 0.3) is 0 Å². The zero-order valence-corrected chi connectivity index (χ0v) is 21.1. The number of thioether (sulfide) groups is 1. The molecule has 1 heterocycles. The molecule has 0 N–H and O–H groups in total. The average molecular weight is 423 g/mol. The van der Waals surface area contributed by atoms with Crippen molar-refractivity contribution in [2.75, 3.05) is 6.61 Å². The van der Waals surface area contributed by atoms with Gasteiger partial charge in [0.05, 0.1) is 6.10 Å². The molecule has 2 rings (SSSR count). The first-order chi connectivity index (χ1) is 13.2. The highest BCUT2D eigenvalue weighted by molar-refractivity contribution is 7.99. The quantitative estimate of drug-likeness (QED) is 0.379. The molecule has 1 aliphatic heterocycles. The van der Waals surface area contributed by atoms with E-state index in [1.54, 1.807) is 0 Å². The van der Waals surface area contributed by atoms with E-state index in [1.807, 2.05) is 11.8 Å². The minimum absolute atomic E-state index is 0.242. The second-order valence-corrected chi connectivity index (χ2v) is 16.3. The lowest BCUT2D eigenvalue weighted by atomic mass is 9.93. The number of rotatable bonds is 9. The normalized spacial score (nSPS) is 24.9. The van der Waals surface area contributed by atoms with Gasteiger partial charge in [-0.25, -0.2) is 0 Å². The number of ether oxygens (including phenoxy) is 1. The molecule has 1 aliphatic rings. The molecule has 4 atom stereocenters. The van der Waals surface area contributed by atoms with Crippen molar-refractivity contribution in [1.29, 1.82) is 0 Å². The lowest BCUT2D eigenvalue weighted by molar-refractivity contribution is -0.0664. The Morgan fingerprint density at radius 2 is 1.54 bits per heavy atom. The van der Waals surface area contributed by atoms with Crippen LogP contribution in [0.3, 0.4) is 0 Å². The molecule has 4 heteroatoms. The highest BCUT2D eigenvalue weighted by Crippen LogP contribution is 2.43. The van der Waals surface area contributed by atoms with Gasteiger partial charge in [-0.2, -0.15) is 0 Å². The summed E-state index contributed by atoms with van der Waals surface area (Å²) in [6.45, 7) is 19.7. The van der Waals surface area contributed by atoms with Crippen molar-refractivity contribution in [2.24, 2.45) is 11.8 Å². The Balaban J connectivity index is 2.00. The Morgan fingerprint density at radius 1 is 0.964 bits per heavy atom. The van der Waals surface area contributed by atoms with Gasteiger partial charge in [-0.1, -0.05) is 85.4 Å². The van der Waals surface area contributed by atoms with Crippen LogP contribution in [0.1, 0.15) is 68.2 Å². The van der Waals surface area contributed by atoms with Crippen molar-refractivity contribution in [3.8, 4) is 0 Å². The smallest absolute Gasteiger partial charge is 0.200 e. The molecule has 0 aliphatic carbocycles. The number of hydrogen-bond acceptors (Lipinski definition) is 3. The molecule has 28 heavy (non-hydrogen) atoms. The summed E-state index contributed by atoms with van der Waals surface area (Å²) in [5, 5.41) is 0. The van der Waals surface area contributed by atoms with Crippen LogP contribution in [-0.2, 0) is 9.16 Å². The van der Waals surface area contributed by atoms with E-state index >= 15 is 0 Å². The van der Waals surface area contributed by atoms with E-state index in [4.69, 9.17) is 9.16 Å².